The van der Waals surface area contributed by atoms with E-state index in [0.29, 0.717) is 5.11 Å². The topological polar surface area (TPSA) is 46.0 Å². The third-order valence-electron chi connectivity index (χ3n) is 6.19. The Balaban J connectivity index is 1.69. The van der Waals surface area contributed by atoms with Gasteiger partial charge in [-0.25, -0.2) is 4.98 Å². The molecular weight excluding hydrogens is 494 g/mol. The number of halogens is 1. The molecule has 7 heteroatoms. The van der Waals surface area contributed by atoms with Gasteiger partial charge in [0.15, 0.2) is 5.11 Å². The van der Waals surface area contributed by atoms with E-state index in [1.54, 1.807) is 0 Å². The van der Waals surface area contributed by atoms with Crippen molar-refractivity contribution in [3.05, 3.63) is 106 Å². The van der Waals surface area contributed by atoms with E-state index >= 15 is 0 Å². The standard InChI is InChI=1S/C26H24BrN5S/c1-16-14-19(10-11-21(16)27)32-25(24(30-26(32)33)22-8-4-6-12-28-22)20-15-17(2)31(18(20)3)23-9-5-7-13-29-23/h4-15,24-25H,1-3H3,(H,30,33)/t24-,25-/m0/s1. The number of thiocarbonyl (C=S) groups is 1. The van der Waals surface area contributed by atoms with E-state index in [0.717, 1.165) is 38.6 Å². The summed E-state index contributed by atoms with van der Waals surface area (Å²) in [5, 5.41) is 4.25. The molecule has 0 saturated carbocycles. The van der Waals surface area contributed by atoms with Gasteiger partial charge in [0.05, 0.1) is 17.8 Å². The second-order valence-electron chi connectivity index (χ2n) is 8.28. The highest BCUT2D eigenvalue weighted by atomic mass is 79.9. The number of nitrogens with zero attached hydrogens (tertiary/aromatic N) is 4. The van der Waals surface area contributed by atoms with E-state index in [1.807, 2.05) is 42.7 Å². The summed E-state index contributed by atoms with van der Waals surface area (Å²) in [6, 6.07) is 20.5. The lowest BCUT2D eigenvalue weighted by Crippen LogP contribution is -2.29. The zero-order valence-electron chi connectivity index (χ0n) is 18.7. The van der Waals surface area contributed by atoms with Crippen molar-refractivity contribution in [2.75, 3.05) is 4.90 Å². The van der Waals surface area contributed by atoms with E-state index < -0.39 is 0 Å². The first kappa shape index (κ1) is 21.8. The Labute approximate surface area is 207 Å². The highest BCUT2D eigenvalue weighted by Crippen LogP contribution is 2.44. The van der Waals surface area contributed by atoms with Crippen LogP contribution in [-0.4, -0.2) is 19.6 Å². The molecule has 1 aliphatic rings. The van der Waals surface area contributed by atoms with Crippen molar-refractivity contribution < 1.29 is 0 Å². The first-order valence-electron chi connectivity index (χ1n) is 10.8. The smallest absolute Gasteiger partial charge is 0.174 e. The summed E-state index contributed by atoms with van der Waals surface area (Å²) in [6.07, 6.45) is 3.66. The molecule has 1 N–H and O–H groups in total. The monoisotopic (exact) mass is 517 g/mol. The summed E-state index contributed by atoms with van der Waals surface area (Å²) < 4.78 is 3.28. The molecule has 1 aliphatic heterocycles. The third kappa shape index (κ3) is 3.85. The van der Waals surface area contributed by atoms with Crippen LogP contribution < -0.4 is 10.2 Å². The predicted octanol–water partition coefficient (Wildman–Crippen LogP) is 6.13. The number of aryl methyl sites for hydroxylation is 2. The van der Waals surface area contributed by atoms with Crippen molar-refractivity contribution in [3.8, 4) is 5.82 Å². The SMILES string of the molecule is Cc1cc(N2C(=S)N[C@@H](c3ccccn3)[C@@H]2c2cc(C)n(-c3ccccn3)c2C)ccc1Br. The molecule has 1 fully saturated rings. The zero-order chi connectivity index (χ0) is 23.1. The molecular formula is C26H24BrN5S. The molecule has 0 spiro atoms. The Kier molecular flexibility index (Phi) is 5.76. The van der Waals surface area contributed by atoms with Crippen molar-refractivity contribution >= 4 is 38.9 Å². The van der Waals surface area contributed by atoms with Crippen molar-refractivity contribution in [1.29, 1.82) is 0 Å². The fourth-order valence-electron chi connectivity index (χ4n) is 4.65. The maximum Gasteiger partial charge on any atom is 0.174 e. The van der Waals surface area contributed by atoms with Gasteiger partial charge in [-0.15, -0.1) is 0 Å². The number of anilines is 1. The molecule has 0 unspecified atom stereocenters. The third-order valence-corrected chi connectivity index (χ3v) is 7.39. The molecule has 0 aliphatic carbocycles. The minimum atomic E-state index is -0.0830. The van der Waals surface area contributed by atoms with Crippen LogP contribution in [0.1, 0.15) is 40.3 Å². The average Bonchev–Trinajstić information content (AvgIpc) is 3.32. The lowest BCUT2D eigenvalue weighted by atomic mass is 9.96. The Bertz CT molecular complexity index is 1320. The van der Waals surface area contributed by atoms with Gasteiger partial charge in [0, 0.05) is 33.9 Å². The molecule has 3 aromatic heterocycles. The first-order chi connectivity index (χ1) is 16.0. The molecule has 1 saturated heterocycles. The molecule has 0 amide bonds. The van der Waals surface area contributed by atoms with Crippen molar-refractivity contribution in [2.45, 2.75) is 32.9 Å². The zero-order valence-corrected chi connectivity index (χ0v) is 21.1. The summed E-state index contributed by atoms with van der Waals surface area (Å²) >= 11 is 9.51. The van der Waals surface area contributed by atoms with Gasteiger partial charge in [-0.05, 0) is 92.6 Å². The number of rotatable bonds is 4. The largest absolute Gasteiger partial charge is 0.351 e. The fourth-order valence-corrected chi connectivity index (χ4v) is 5.25. The fraction of sp³-hybridized carbons (Fsp3) is 0.192. The predicted molar refractivity (Wildman–Crippen MR) is 140 cm³/mol. The number of hydrogen-bond acceptors (Lipinski definition) is 3. The minimum Gasteiger partial charge on any atom is -0.351 e. The summed E-state index contributed by atoms with van der Waals surface area (Å²) in [4.78, 5) is 11.5. The number of aromatic nitrogens is 3. The average molecular weight is 518 g/mol. The molecule has 166 valence electrons. The number of benzene rings is 1. The molecule has 33 heavy (non-hydrogen) atoms. The van der Waals surface area contributed by atoms with Crippen LogP contribution in [0.2, 0.25) is 0 Å². The number of pyridine rings is 2. The molecule has 0 bridgehead atoms. The van der Waals surface area contributed by atoms with Gasteiger partial charge in [-0.2, -0.15) is 0 Å². The summed E-state index contributed by atoms with van der Waals surface area (Å²) in [5.74, 6) is 0.910. The Hall–Kier alpha value is -3.03. The summed E-state index contributed by atoms with van der Waals surface area (Å²) in [5.41, 5.74) is 6.65. The van der Waals surface area contributed by atoms with Gasteiger partial charge in [0.1, 0.15) is 5.82 Å². The Morgan fingerprint density at radius 3 is 2.36 bits per heavy atom. The maximum absolute atomic E-state index is 5.89. The second kappa shape index (κ2) is 8.72. The second-order valence-corrected chi connectivity index (χ2v) is 9.52. The van der Waals surface area contributed by atoms with E-state index in [9.17, 15) is 0 Å². The highest BCUT2D eigenvalue weighted by Gasteiger charge is 2.42. The van der Waals surface area contributed by atoms with E-state index in [2.05, 4.69) is 91.8 Å². The van der Waals surface area contributed by atoms with Crippen LogP contribution in [0, 0.1) is 20.8 Å². The molecule has 2 atom stereocenters. The Morgan fingerprint density at radius 2 is 1.70 bits per heavy atom. The molecule has 5 rings (SSSR count). The summed E-state index contributed by atoms with van der Waals surface area (Å²) in [7, 11) is 0. The van der Waals surface area contributed by atoms with Crippen LogP contribution in [0.25, 0.3) is 5.82 Å². The van der Waals surface area contributed by atoms with Gasteiger partial charge in [-0.3, -0.25) is 4.98 Å². The molecule has 5 nitrogen and oxygen atoms in total. The van der Waals surface area contributed by atoms with E-state index in [-0.39, 0.29) is 12.1 Å². The normalized spacial score (nSPS) is 17.9. The maximum atomic E-state index is 5.89. The van der Waals surface area contributed by atoms with Gasteiger partial charge in [0.25, 0.3) is 0 Å². The van der Waals surface area contributed by atoms with Gasteiger partial charge < -0.3 is 14.8 Å². The van der Waals surface area contributed by atoms with Crippen LogP contribution in [-0.2, 0) is 0 Å². The van der Waals surface area contributed by atoms with Gasteiger partial charge in [-0.1, -0.05) is 28.1 Å². The minimum absolute atomic E-state index is 0.0587. The van der Waals surface area contributed by atoms with Crippen molar-refractivity contribution in [2.24, 2.45) is 0 Å². The quantitative estimate of drug-likeness (QED) is 0.329. The lowest BCUT2D eigenvalue weighted by Gasteiger charge is -2.28. The molecule has 1 aromatic carbocycles. The van der Waals surface area contributed by atoms with Crippen LogP contribution in [0.4, 0.5) is 5.69 Å². The molecule has 4 aromatic rings. The Morgan fingerprint density at radius 1 is 0.939 bits per heavy atom. The van der Waals surface area contributed by atoms with Crippen molar-refractivity contribution in [3.63, 3.8) is 0 Å². The summed E-state index contributed by atoms with van der Waals surface area (Å²) in [6.45, 7) is 6.37. The highest BCUT2D eigenvalue weighted by molar-refractivity contribution is 9.10. The first-order valence-corrected chi connectivity index (χ1v) is 12.0. The van der Waals surface area contributed by atoms with Crippen molar-refractivity contribution in [1.82, 2.24) is 19.9 Å². The van der Waals surface area contributed by atoms with Gasteiger partial charge in [0.2, 0.25) is 0 Å². The molecule has 4 heterocycles. The van der Waals surface area contributed by atoms with Crippen LogP contribution >= 0.6 is 28.1 Å². The lowest BCUT2D eigenvalue weighted by molar-refractivity contribution is 0.565. The number of hydrogen-bond donors (Lipinski definition) is 1. The van der Waals surface area contributed by atoms with Crippen LogP contribution in [0.15, 0.2) is 77.5 Å². The molecule has 0 radical (unpaired) electrons. The van der Waals surface area contributed by atoms with Crippen LogP contribution in [0.5, 0.6) is 0 Å². The van der Waals surface area contributed by atoms with Crippen LogP contribution in [0.3, 0.4) is 0 Å². The van der Waals surface area contributed by atoms with E-state index in [1.165, 1.54) is 5.56 Å². The van der Waals surface area contributed by atoms with Gasteiger partial charge >= 0.3 is 0 Å². The number of nitrogens with one attached hydrogen (secondary N) is 1. The van der Waals surface area contributed by atoms with E-state index in [4.69, 9.17) is 12.2 Å².